The minimum atomic E-state index is -0.0787. The number of aryl methyl sites for hydroxylation is 1. The lowest BCUT2D eigenvalue weighted by Crippen LogP contribution is -2.22. The number of carbonyl (C=O) groups excluding carboxylic acids is 1. The average Bonchev–Trinajstić information content (AvgIpc) is 2.60. The number of benzene rings is 1. The first-order valence-corrected chi connectivity index (χ1v) is 4.80. The largest absolute Gasteiger partial charge is 0.352 e. The number of carbonyl (C=O) groups is 1. The van der Waals surface area contributed by atoms with Gasteiger partial charge in [-0.05, 0) is 25.1 Å². The van der Waals surface area contributed by atoms with Crippen LogP contribution in [0.1, 0.15) is 17.3 Å². The zero-order valence-corrected chi connectivity index (χ0v) is 8.69. The molecule has 1 heterocycles. The maximum absolute atomic E-state index is 11.5. The van der Waals surface area contributed by atoms with E-state index in [2.05, 4.69) is 15.6 Å². The zero-order valence-electron chi connectivity index (χ0n) is 8.69. The highest BCUT2D eigenvalue weighted by atomic mass is 16.1. The molecular formula is C10H12N4O. The number of hydrogen-bond acceptors (Lipinski definition) is 3. The van der Waals surface area contributed by atoms with Gasteiger partial charge in [0.25, 0.3) is 5.91 Å². The summed E-state index contributed by atoms with van der Waals surface area (Å²) in [5, 5.41) is 10.6. The predicted molar refractivity (Wildman–Crippen MR) is 56.5 cm³/mol. The predicted octanol–water partition coefficient (Wildman–Crippen LogP) is 0.718. The number of nitrogens with one attached hydrogen (secondary N) is 1. The van der Waals surface area contributed by atoms with E-state index in [0.717, 1.165) is 11.0 Å². The Bertz CT molecular complexity index is 503. The number of aromatic nitrogens is 3. The van der Waals surface area contributed by atoms with Crippen molar-refractivity contribution >= 4 is 16.9 Å². The van der Waals surface area contributed by atoms with Gasteiger partial charge in [0, 0.05) is 19.2 Å². The maximum atomic E-state index is 11.5. The molecule has 0 aliphatic carbocycles. The normalized spacial score (nSPS) is 10.5. The molecule has 2 aromatic rings. The van der Waals surface area contributed by atoms with Crippen LogP contribution in [0.3, 0.4) is 0 Å². The lowest BCUT2D eigenvalue weighted by molar-refractivity contribution is 0.0956. The summed E-state index contributed by atoms with van der Waals surface area (Å²) >= 11 is 0. The fraction of sp³-hybridized carbons (Fsp3) is 0.300. The van der Waals surface area contributed by atoms with E-state index >= 15 is 0 Å². The molecule has 0 aliphatic rings. The van der Waals surface area contributed by atoms with Crippen molar-refractivity contribution in [3.63, 3.8) is 0 Å². The van der Waals surface area contributed by atoms with Crippen molar-refractivity contribution in [2.75, 3.05) is 6.54 Å². The third-order valence-electron chi connectivity index (χ3n) is 2.21. The smallest absolute Gasteiger partial charge is 0.251 e. The highest BCUT2D eigenvalue weighted by Crippen LogP contribution is 2.12. The van der Waals surface area contributed by atoms with Crippen LogP contribution in [-0.4, -0.2) is 27.4 Å². The fourth-order valence-corrected chi connectivity index (χ4v) is 1.44. The molecule has 0 fully saturated rings. The van der Waals surface area contributed by atoms with Crippen molar-refractivity contribution < 1.29 is 4.79 Å². The molecule has 78 valence electrons. The molecule has 0 bridgehead atoms. The fourth-order valence-electron chi connectivity index (χ4n) is 1.44. The summed E-state index contributed by atoms with van der Waals surface area (Å²) in [7, 11) is 1.82. The molecule has 5 nitrogen and oxygen atoms in total. The lowest BCUT2D eigenvalue weighted by atomic mass is 10.2. The molecule has 0 atom stereocenters. The average molecular weight is 204 g/mol. The summed E-state index contributed by atoms with van der Waals surface area (Å²) in [6, 6.07) is 5.36. The van der Waals surface area contributed by atoms with Gasteiger partial charge in [0.2, 0.25) is 0 Å². The van der Waals surface area contributed by atoms with Gasteiger partial charge in [0.15, 0.2) is 0 Å². The van der Waals surface area contributed by atoms with Crippen molar-refractivity contribution in [1.29, 1.82) is 0 Å². The van der Waals surface area contributed by atoms with Gasteiger partial charge in [-0.2, -0.15) is 0 Å². The second-order valence-electron chi connectivity index (χ2n) is 3.28. The van der Waals surface area contributed by atoms with Crippen molar-refractivity contribution in [2.45, 2.75) is 6.92 Å². The molecule has 0 saturated carbocycles. The topological polar surface area (TPSA) is 59.8 Å². The van der Waals surface area contributed by atoms with E-state index in [1.807, 2.05) is 20.0 Å². The van der Waals surface area contributed by atoms with Gasteiger partial charge >= 0.3 is 0 Å². The van der Waals surface area contributed by atoms with Gasteiger partial charge in [0.1, 0.15) is 5.52 Å². The minimum Gasteiger partial charge on any atom is -0.352 e. The monoisotopic (exact) mass is 204 g/mol. The lowest BCUT2D eigenvalue weighted by Gasteiger charge is -2.01. The van der Waals surface area contributed by atoms with Crippen LogP contribution in [0.25, 0.3) is 11.0 Å². The number of rotatable bonds is 2. The van der Waals surface area contributed by atoms with E-state index in [1.54, 1.807) is 16.8 Å². The Hall–Kier alpha value is -1.91. The molecular weight excluding hydrogens is 192 g/mol. The van der Waals surface area contributed by atoms with Gasteiger partial charge < -0.3 is 5.32 Å². The Labute approximate surface area is 87.1 Å². The Morgan fingerprint density at radius 3 is 3.07 bits per heavy atom. The molecule has 0 saturated heterocycles. The molecule has 5 heteroatoms. The summed E-state index contributed by atoms with van der Waals surface area (Å²) in [5.41, 5.74) is 2.27. The molecule has 0 unspecified atom stereocenters. The molecule has 1 amide bonds. The van der Waals surface area contributed by atoms with Crippen molar-refractivity contribution in [3.8, 4) is 0 Å². The second kappa shape index (κ2) is 3.68. The maximum Gasteiger partial charge on any atom is 0.251 e. The summed E-state index contributed by atoms with van der Waals surface area (Å²) in [5.74, 6) is -0.0787. The van der Waals surface area contributed by atoms with E-state index in [1.165, 1.54) is 0 Å². The van der Waals surface area contributed by atoms with Crippen LogP contribution in [0, 0.1) is 0 Å². The van der Waals surface area contributed by atoms with Crippen molar-refractivity contribution in [2.24, 2.45) is 7.05 Å². The molecule has 0 radical (unpaired) electrons. The second-order valence-corrected chi connectivity index (χ2v) is 3.28. The number of nitrogens with zero attached hydrogens (tertiary/aromatic N) is 3. The first-order valence-electron chi connectivity index (χ1n) is 4.80. The van der Waals surface area contributed by atoms with Crippen LogP contribution in [0.2, 0.25) is 0 Å². The number of fused-ring (bicyclic) bond motifs is 1. The zero-order chi connectivity index (χ0) is 10.8. The molecule has 1 N–H and O–H groups in total. The third kappa shape index (κ3) is 1.68. The van der Waals surface area contributed by atoms with Crippen LogP contribution in [0.5, 0.6) is 0 Å². The molecule has 0 aliphatic heterocycles. The van der Waals surface area contributed by atoms with Crippen molar-refractivity contribution in [1.82, 2.24) is 20.3 Å². The van der Waals surface area contributed by atoms with E-state index < -0.39 is 0 Å². The Morgan fingerprint density at radius 1 is 1.53 bits per heavy atom. The Morgan fingerprint density at radius 2 is 2.33 bits per heavy atom. The highest BCUT2D eigenvalue weighted by molar-refractivity contribution is 5.97. The van der Waals surface area contributed by atoms with E-state index in [0.29, 0.717) is 12.1 Å². The number of hydrogen-bond donors (Lipinski definition) is 1. The Kier molecular flexibility index (Phi) is 2.37. The van der Waals surface area contributed by atoms with E-state index in [4.69, 9.17) is 0 Å². The molecule has 1 aromatic carbocycles. The van der Waals surface area contributed by atoms with E-state index in [-0.39, 0.29) is 5.91 Å². The first kappa shape index (κ1) is 9.64. The standard InChI is InChI=1S/C10H12N4O/c1-3-11-10(15)7-4-5-9-8(6-7)12-13-14(9)2/h4-6H,3H2,1-2H3,(H,11,15). The van der Waals surface area contributed by atoms with Gasteiger partial charge in [-0.3, -0.25) is 4.79 Å². The molecule has 1 aromatic heterocycles. The van der Waals surface area contributed by atoms with Crippen LogP contribution in [0.4, 0.5) is 0 Å². The summed E-state index contributed by atoms with van der Waals surface area (Å²) in [6.45, 7) is 2.51. The molecule has 2 rings (SSSR count). The van der Waals surface area contributed by atoms with Crippen molar-refractivity contribution in [3.05, 3.63) is 23.8 Å². The molecule has 15 heavy (non-hydrogen) atoms. The van der Waals surface area contributed by atoms with E-state index in [9.17, 15) is 4.79 Å². The third-order valence-corrected chi connectivity index (χ3v) is 2.21. The number of amides is 1. The van der Waals surface area contributed by atoms with Crippen LogP contribution < -0.4 is 5.32 Å². The van der Waals surface area contributed by atoms with Crippen LogP contribution in [0.15, 0.2) is 18.2 Å². The van der Waals surface area contributed by atoms with Gasteiger partial charge in [-0.25, -0.2) is 4.68 Å². The van der Waals surface area contributed by atoms with Gasteiger partial charge in [0.05, 0.1) is 5.52 Å². The summed E-state index contributed by atoms with van der Waals surface area (Å²) < 4.78 is 1.68. The van der Waals surface area contributed by atoms with Gasteiger partial charge in [-0.15, -0.1) is 5.10 Å². The van der Waals surface area contributed by atoms with Crippen LogP contribution in [-0.2, 0) is 7.05 Å². The quantitative estimate of drug-likeness (QED) is 0.784. The first-order chi connectivity index (χ1) is 7.22. The molecule has 0 spiro atoms. The van der Waals surface area contributed by atoms with Crippen LogP contribution >= 0.6 is 0 Å². The Balaban J connectivity index is 2.43. The minimum absolute atomic E-state index is 0.0787. The SMILES string of the molecule is CCNC(=O)c1ccc2c(c1)nnn2C. The highest BCUT2D eigenvalue weighted by Gasteiger charge is 2.07. The van der Waals surface area contributed by atoms with Gasteiger partial charge in [-0.1, -0.05) is 5.21 Å². The summed E-state index contributed by atoms with van der Waals surface area (Å²) in [6.07, 6.45) is 0. The summed E-state index contributed by atoms with van der Waals surface area (Å²) in [4.78, 5) is 11.5.